The second-order valence-electron chi connectivity index (χ2n) is 9.65. The molecule has 0 bridgehead atoms. The van der Waals surface area contributed by atoms with Crippen molar-refractivity contribution in [3.05, 3.63) is 113 Å². The lowest BCUT2D eigenvalue weighted by molar-refractivity contribution is -0.116. The molecule has 2 aromatic heterocycles. The summed E-state index contributed by atoms with van der Waals surface area (Å²) in [6.07, 6.45) is 2.02. The molecule has 0 spiro atoms. The lowest BCUT2D eigenvalue weighted by atomic mass is 9.96. The number of esters is 1. The van der Waals surface area contributed by atoms with Gasteiger partial charge < -0.3 is 24.8 Å². The highest BCUT2D eigenvalue weighted by Gasteiger charge is 2.41. The minimum atomic E-state index is -0.397. The van der Waals surface area contributed by atoms with Crippen molar-refractivity contribution < 1.29 is 14.3 Å². The van der Waals surface area contributed by atoms with Crippen molar-refractivity contribution in [3.63, 3.8) is 0 Å². The lowest BCUT2D eigenvalue weighted by Crippen LogP contribution is -2.32. The number of rotatable bonds is 8. The molecule has 2 atom stereocenters. The average molecular weight is 554 g/mol. The van der Waals surface area contributed by atoms with E-state index in [0.717, 1.165) is 34.0 Å². The largest absolute Gasteiger partial charge is 0.465 e. The number of ether oxygens (including phenoxy) is 1. The number of thiocarbonyl (C=S) groups is 1. The molecule has 40 heavy (non-hydrogen) atoms. The molecule has 1 fully saturated rings. The number of aromatic nitrogens is 2. The van der Waals surface area contributed by atoms with Crippen molar-refractivity contribution in [1.82, 2.24) is 19.8 Å². The predicted octanol–water partition coefficient (Wildman–Crippen LogP) is 5.28. The molecular weight excluding hydrogens is 522 g/mol. The Balaban J connectivity index is 1.52. The predicted molar refractivity (Wildman–Crippen MR) is 158 cm³/mol. The van der Waals surface area contributed by atoms with E-state index in [-0.39, 0.29) is 24.4 Å². The first-order chi connectivity index (χ1) is 19.4. The summed E-state index contributed by atoms with van der Waals surface area (Å²) < 4.78 is 7.12. The van der Waals surface area contributed by atoms with E-state index < -0.39 is 5.97 Å². The molecule has 0 saturated carbocycles. The van der Waals surface area contributed by atoms with Crippen LogP contribution in [-0.4, -0.2) is 45.1 Å². The van der Waals surface area contributed by atoms with Crippen LogP contribution < -0.4 is 10.6 Å². The van der Waals surface area contributed by atoms with Crippen LogP contribution in [-0.2, 0) is 9.53 Å². The molecule has 0 unspecified atom stereocenters. The van der Waals surface area contributed by atoms with Gasteiger partial charge in [0.1, 0.15) is 0 Å². The maximum Gasteiger partial charge on any atom is 0.339 e. The topological polar surface area (TPSA) is 88.5 Å². The van der Waals surface area contributed by atoms with Crippen molar-refractivity contribution in [1.29, 1.82) is 0 Å². The molecule has 1 aliphatic rings. The van der Waals surface area contributed by atoms with Gasteiger partial charge in [-0.2, -0.15) is 0 Å². The number of aryl methyl sites for hydroxylation is 1. The Morgan fingerprint density at radius 2 is 1.75 bits per heavy atom. The fourth-order valence-electron chi connectivity index (χ4n) is 5.36. The van der Waals surface area contributed by atoms with Crippen molar-refractivity contribution in [2.24, 2.45) is 0 Å². The van der Waals surface area contributed by atoms with E-state index >= 15 is 0 Å². The molecule has 8 nitrogen and oxygen atoms in total. The third-order valence-electron chi connectivity index (χ3n) is 7.17. The first-order valence-electron chi connectivity index (χ1n) is 13.1. The van der Waals surface area contributed by atoms with Crippen LogP contribution in [0, 0.1) is 13.8 Å². The third kappa shape index (κ3) is 5.33. The Hall–Kier alpha value is -4.50. The minimum Gasteiger partial charge on any atom is -0.465 e. The number of benzene rings is 2. The van der Waals surface area contributed by atoms with Crippen molar-refractivity contribution in [2.45, 2.75) is 32.4 Å². The SMILES string of the molecule is COC(=O)c1ccccc1-n1c(C)cc([C@@H]2[C@@H](c3ccccn3)NC(=S)N2CCC(=O)Nc2ccccc2)c1C. The molecule has 9 heteroatoms. The fourth-order valence-corrected chi connectivity index (χ4v) is 5.69. The number of methoxy groups -OCH3 is 1. The molecular formula is C31H31N5O3S. The number of amides is 1. The van der Waals surface area contributed by atoms with Crippen LogP contribution >= 0.6 is 12.2 Å². The van der Waals surface area contributed by atoms with Crippen LogP contribution in [0.2, 0.25) is 0 Å². The molecule has 204 valence electrons. The monoisotopic (exact) mass is 553 g/mol. The summed E-state index contributed by atoms with van der Waals surface area (Å²) in [5.41, 5.74) is 5.79. The van der Waals surface area contributed by atoms with Gasteiger partial charge >= 0.3 is 5.97 Å². The number of hydrogen-bond acceptors (Lipinski definition) is 5. The Morgan fingerprint density at radius 1 is 1.02 bits per heavy atom. The van der Waals surface area contributed by atoms with Gasteiger partial charge in [0, 0.05) is 36.2 Å². The van der Waals surface area contributed by atoms with E-state index in [9.17, 15) is 9.59 Å². The summed E-state index contributed by atoms with van der Waals surface area (Å²) in [5, 5.41) is 6.98. The van der Waals surface area contributed by atoms with Gasteiger partial charge in [0.2, 0.25) is 5.91 Å². The van der Waals surface area contributed by atoms with Crippen LogP contribution in [0.25, 0.3) is 5.69 Å². The fraction of sp³-hybridized carbons (Fsp3) is 0.226. The normalized spacial score (nSPS) is 16.5. The number of hydrogen-bond donors (Lipinski definition) is 2. The zero-order chi connectivity index (χ0) is 28.2. The van der Waals surface area contributed by atoms with E-state index in [1.54, 1.807) is 12.3 Å². The maximum atomic E-state index is 12.8. The second-order valence-corrected chi connectivity index (χ2v) is 10.0. The summed E-state index contributed by atoms with van der Waals surface area (Å²) in [4.78, 5) is 32.1. The van der Waals surface area contributed by atoms with Crippen molar-refractivity contribution >= 4 is 34.9 Å². The standard InChI is InChI=1S/C31H31N5O3S/c1-20-19-24(21(2)36(20)26-15-8-7-13-23(26)30(38)39-3)29-28(25-14-9-10-17-32-25)34-31(40)35(29)18-16-27(37)33-22-11-5-4-6-12-22/h4-15,17,19,28-29H,16,18H2,1-3H3,(H,33,37)(H,34,40)/t28-,29-/m1/s1. The molecule has 1 saturated heterocycles. The Morgan fingerprint density at radius 3 is 2.48 bits per heavy atom. The van der Waals surface area contributed by atoms with Crippen LogP contribution in [0.4, 0.5) is 5.69 Å². The molecule has 3 heterocycles. The summed E-state index contributed by atoms with van der Waals surface area (Å²) in [6.45, 7) is 4.47. The molecule has 1 amide bonds. The highest BCUT2D eigenvalue weighted by Crippen LogP contribution is 2.41. The highest BCUT2D eigenvalue weighted by molar-refractivity contribution is 7.80. The smallest absolute Gasteiger partial charge is 0.339 e. The first kappa shape index (κ1) is 27.1. The molecule has 5 rings (SSSR count). The van der Waals surface area contributed by atoms with E-state index in [1.807, 2.05) is 80.6 Å². The molecule has 0 aliphatic carbocycles. The van der Waals surface area contributed by atoms with Crippen LogP contribution in [0.15, 0.2) is 85.1 Å². The molecule has 2 aromatic carbocycles. The van der Waals surface area contributed by atoms with Gasteiger partial charge in [0.05, 0.1) is 36.1 Å². The van der Waals surface area contributed by atoms with E-state index in [0.29, 0.717) is 17.2 Å². The number of anilines is 1. The van der Waals surface area contributed by atoms with Crippen LogP contribution in [0.1, 0.15) is 51.5 Å². The number of carbonyl (C=O) groups excluding carboxylic acids is 2. The number of nitrogens with one attached hydrogen (secondary N) is 2. The molecule has 2 N–H and O–H groups in total. The van der Waals surface area contributed by atoms with Gasteiger partial charge in [-0.15, -0.1) is 0 Å². The van der Waals surface area contributed by atoms with Gasteiger partial charge in [-0.05, 0) is 74.1 Å². The van der Waals surface area contributed by atoms with Crippen LogP contribution in [0.3, 0.4) is 0 Å². The molecule has 4 aromatic rings. The zero-order valence-corrected chi connectivity index (χ0v) is 23.4. The van der Waals surface area contributed by atoms with E-state index in [1.165, 1.54) is 7.11 Å². The van der Waals surface area contributed by atoms with E-state index in [2.05, 4.69) is 31.2 Å². The number of pyridine rings is 1. The average Bonchev–Trinajstić information content (AvgIpc) is 3.46. The van der Waals surface area contributed by atoms with Crippen molar-refractivity contribution in [2.75, 3.05) is 19.0 Å². The quantitative estimate of drug-likeness (QED) is 0.227. The molecule has 1 aliphatic heterocycles. The van der Waals surface area contributed by atoms with Gasteiger partial charge in [-0.25, -0.2) is 4.79 Å². The van der Waals surface area contributed by atoms with Gasteiger partial charge in [0.15, 0.2) is 5.11 Å². The number of carbonyl (C=O) groups is 2. The molecule has 0 radical (unpaired) electrons. The zero-order valence-electron chi connectivity index (χ0n) is 22.6. The second kappa shape index (κ2) is 11.7. The van der Waals surface area contributed by atoms with Gasteiger partial charge in [-0.3, -0.25) is 9.78 Å². The van der Waals surface area contributed by atoms with Crippen LogP contribution in [0.5, 0.6) is 0 Å². The first-order valence-corrected chi connectivity index (χ1v) is 13.5. The highest BCUT2D eigenvalue weighted by atomic mass is 32.1. The third-order valence-corrected chi connectivity index (χ3v) is 7.53. The Labute approximate surface area is 239 Å². The Kier molecular flexibility index (Phi) is 7.93. The summed E-state index contributed by atoms with van der Waals surface area (Å²) in [7, 11) is 1.38. The summed E-state index contributed by atoms with van der Waals surface area (Å²) in [6, 6.07) is 24.3. The van der Waals surface area contributed by atoms with E-state index in [4.69, 9.17) is 17.0 Å². The van der Waals surface area contributed by atoms with Gasteiger partial charge in [0.25, 0.3) is 0 Å². The summed E-state index contributed by atoms with van der Waals surface area (Å²) in [5.74, 6) is -0.489. The number of para-hydroxylation sites is 2. The number of nitrogens with zero attached hydrogens (tertiary/aromatic N) is 3. The lowest BCUT2D eigenvalue weighted by Gasteiger charge is -2.28. The van der Waals surface area contributed by atoms with Gasteiger partial charge in [-0.1, -0.05) is 36.4 Å². The minimum absolute atomic E-state index is 0.0912. The van der Waals surface area contributed by atoms with Crippen molar-refractivity contribution in [3.8, 4) is 5.69 Å². The summed E-state index contributed by atoms with van der Waals surface area (Å²) >= 11 is 5.81. The Bertz CT molecular complexity index is 1540. The maximum absolute atomic E-state index is 12.8.